The lowest BCUT2D eigenvalue weighted by Gasteiger charge is -2.18. The highest BCUT2D eigenvalue weighted by molar-refractivity contribution is 5.89. The minimum absolute atomic E-state index is 0.00535. The van der Waals surface area contributed by atoms with Crippen molar-refractivity contribution in [2.75, 3.05) is 27.9 Å². The molecule has 0 aliphatic carbocycles. The number of benzene rings is 1. The second-order valence-electron chi connectivity index (χ2n) is 5.62. The predicted molar refractivity (Wildman–Crippen MR) is 100 cm³/mol. The van der Waals surface area contributed by atoms with E-state index in [4.69, 9.17) is 4.74 Å². The molecule has 1 atom stereocenters. The molecule has 0 unspecified atom stereocenters. The van der Waals surface area contributed by atoms with Gasteiger partial charge in [0.25, 0.3) is 0 Å². The van der Waals surface area contributed by atoms with Crippen molar-refractivity contribution in [3.8, 4) is 0 Å². The quantitative estimate of drug-likeness (QED) is 0.286. The second kappa shape index (κ2) is 12.1. The van der Waals surface area contributed by atoms with E-state index in [1.807, 2.05) is 0 Å². The van der Waals surface area contributed by atoms with Crippen molar-refractivity contribution in [3.63, 3.8) is 0 Å². The number of hydrogen-bond acceptors (Lipinski definition) is 9. The van der Waals surface area contributed by atoms with Gasteiger partial charge in [-0.3, -0.25) is 4.79 Å². The maximum absolute atomic E-state index is 12.2. The lowest BCUT2D eigenvalue weighted by atomic mass is 10.1. The van der Waals surface area contributed by atoms with Crippen LogP contribution in [0.2, 0.25) is 0 Å². The highest BCUT2D eigenvalue weighted by atomic mass is 16.5. The van der Waals surface area contributed by atoms with Crippen LogP contribution in [0.3, 0.4) is 0 Å². The number of hydrogen-bond donors (Lipinski definition) is 1. The Kier molecular flexibility index (Phi) is 9.79. The molecule has 0 aliphatic rings. The van der Waals surface area contributed by atoms with Crippen LogP contribution in [-0.4, -0.2) is 62.9 Å². The van der Waals surface area contributed by atoms with Gasteiger partial charge in [-0.25, -0.2) is 14.4 Å². The molecule has 0 heterocycles. The summed E-state index contributed by atoms with van der Waals surface area (Å²) in [5.74, 6) is -1.68. The van der Waals surface area contributed by atoms with E-state index in [-0.39, 0.29) is 19.4 Å². The molecule has 29 heavy (non-hydrogen) atoms. The van der Waals surface area contributed by atoms with Crippen LogP contribution in [0.25, 0.3) is 0 Å². The molecular weight excluding hydrogens is 384 g/mol. The summed E-state index contributed by atoms with van der Waals surface area (Å²) in [6.07, 6.45) is -0.0695. The monoisotopic (exact) mass is 408 g/mol. The Morgan fingerprint density at radius 3 is 2.31 bits per heavy atom. The first kappa shape index (κ1) is 23.5. The third kappa shape index (κ3) is 7.95. The molecular formula is C18H24N4O7. The maximum Gasteiger partial charge on any atom is 0.339 e. The molecule has 2 amide bonds. The summed E-state index contributed by atoms with van der Waals surface area (Å²) in [6, 6.07) is 4.34. The number of rotatable bonds is 9. The van der Waals surface area contributed by atoms with Crippen LogP contribution < -0.4 is 5.32 Å². The van der Waals surface area contributed by atoms with Crippen LogP contribution in [0.4, 0.5) is 10.5 Å². The van der Waals surface area contributed by atoms with Gasteiger partial charge in [0, 0.05) is 13.5 Å². The minimum atomic E-state index is -1.05. The second-order valence-corrected chi connectivity index (χ2v) is 5.62. The first-order chi connectivity index (χ1) is 13.8. The smallest absolute Gasteiger partial charge is 0.339 e. The van der Waals surface area contributed by atoms with Gasteiger partial charge in [-0.05, 0) is 37.6 Å². The molecule has 0 aliphatic heterocycles. The Labute approximate surface area is 168 Å². The number of carbonyl (C=O) groups is 4. The van der Waals surface area contributed by atoms with Crippen LogP contribution >= 0.6 is 0 Å². The van der Waals surface area contributed by atoms with Crippen LogP contribution in [0.1, 0.15) is 30.1 Å². The fourth-order valence-corrected chi connectivity index (χ4v) is 2.04. The largest absolute Gasteiger partial charge is 0.469 e. The summed E-state index contributed by atoms with van der Waals surface area (Å²) in [4.78, 5) is 46.8. The summed E-state index contributed by atoms with van der Waals surface area (Å²) in [5, 5.41) is 10.9. The number of amides is 2. The third-order valence-electron chi connectivity index (χ3n) is 3.61. The summed E-state index contributed by atoms with van der Waals surface area (Å²) in [5.41, 5.74) is 0.760. The summed E-state index contributed by atoms with van der Waals surface area (Å²) in [7, 11) is 3.73. The van der Waals surface area contributed by atoms with Gasteiger partial charge in [0.2, 0.25) is 0 Å². The van der Waals surface area contributed by atoms with Gasteiger partial charge in [-0.1, -0.05) is 5.22 Å². The van der Waals surface area contributed by atoms with Gasteiger partial charge >= 0.3 is 23.9 Å². The molecule has 0 fully saturated rings. The SMILES string of the molecule is CCOC(=O)c1ccc(N=NN(C)C(=O)N[C@@H](CCC(=O)OC)C(=O)OC)cc1. The van der Waals surface area contributed by atoms with E-state index in [0.717, 1.165) is 5.01 Å². The van der Waals surface area contributed by atoms with E-state index in [9.17, 15) is 19.2 Å². The Balaban J connectivity index is 2.69. The maximum atomic E-state index is 12.2. The molecule has 0 saturated heterocycles. The van der Waals surface area contributed by atoms with Crippen LogP contribution in [0.15, 0.2) is 34.6 Å². The number of ether oxygens (including phenoxy) is 3. The van der Waals surface area contributed by atoms with Crippen molar-refractivity contribution in [2.24, 2.45) is 10.3 Å². The molecule has 158 valence electrons. The molecule has 0 bridgehead atoms. The zero-order valence-corrected chi connectivity index (χ0v) is 16.7. The van der Waals surface area contributed by atoms with Crippen molar-refractivity contribution in [3.05, 3.63) is 29.8 Å². The number of esters is 3. The number of nitrogens with one attached hydrogen (secondary N) is 1. The standard InChI is InChI=1S/C18H24N4O7/c1-5-29-16(24)12-6-8-13(9-7-12)20-21-22(2)18(26)19-14(17(25)28-4)10-11-15(23)27-3/h6-9,14H,5,10-11H2,1-4H3,(H,19,26)/t14-/m0/s1. The van der Waals surface area contributed by atoms with Gasteiger partial charge in [-0.2, -0.15) is 5.01 Å². The van der Waals surface area contributed by atoms with Crippen LogP contribution in [0, 0.1) is 0 Å². The number of urea groups is 1. The Bertz CT molecular complexity index is 749. The number of methoxy groups -OCH3 is 2. The van der Waals surface area contributed by atoms with Crippen LogP contribution in [0.5, 0.6) is 0 Å². The lowest BCUT2D eigenvalue weighted by Crippen LogP contribution is -2.45. The summed E-state index contributed by atoms with van der Waals surface area (Å²) in [6.45, 7) is 1.98. The molecule has 1 aromatic rings. The molecule has 0 radical (unpaired) electrons. The van der Waals surface area contributed by atoms with Crippen LogP contribution in [-0.2, 0) is 23.8 Å². The average molecular weight is 408 g/mol. The van der Waals surface area contributed by atoms with Crippen molar-refractivity contribution in [2.45, 2.75) is 25.8 Å². The minimum Gasteiger partial charge on any atom is -0.469 e. The summed E-state index contributed by atoms with van der Waals surface area (Å²) < 4.78 is 14.0. The normalized spacial score (nSPS) is 11.4. The highest BCUT2D eigenvalue weighted by Crippen LogP contribution is 2.14. The van der Waals surface area contributed by atoms with Gasteiger partial charge in [0.05, 0.1) is 32.1 Å². The zero-order chi connectivity index (χ0) is 21.8. The Morgan fingerprint density at radius 1 is 1.10 bits per heavy atom. The summed E-state index contributed by atoms with van der Waals surface area (Å²) >= 11 is 0. The first-order valence-corrected chi connectivity index (χ1v) is 8.70. The lowest BCUT2D eigenvalue weighted by molar-refractivity contribution is -0.144. The van der Waals surface area contributed by atoms with Crippen molar-refractivity contribution >= 4 is 29.6 Å². The van der Waals surface area contributed by atoms with E-state index in [2.05, 4.69) is 25.1 Å². The Hall–Kier alpha value is -3.50. The van der Waals surface area contributed by atoms with E-state index in [0.29, 0.717) is 11.3 Å². The third-order valence-corrected chi connectivity index (χ3v) is 3.61. The van der Waals surface area contributed by atoms with Gasteiger partial charge in [0.15, 0.2) is 0 Å². The topological polar surface area (TPSA) is 136 Å². The van der Waals surface area contributed by atoms with Crippen molar-refractivity contribution < 1.29 is 33.4 Å². The molecule has 0 aromatic heterocycles. The average Bonchev–Trinajstić information content (AvgIpc) is 2.74. The van der Waals surface area contributed by atoms with E-state index < -0.39 is 30.0 Å². The predicted octanol–water partition coefficient (Wildman–Crippen LogP) is 2.00. The van der Waals surface area contributed by atoms with Gasteiger partial charge in [-0.15, -0.1) is 5.11 Å². The molecule has 1 N–H and O–H groups in total. The molecule has 11 heteroatoms. The number of carbonyl (C=O) groups excluding carboxylic acids is 4. The Morgan fingerprint density at radius 2 is 1.76 bits per heavy atom. The van der Waals surface area contributed by atoms with E-state index in [1.54, 1.807) is 6.92 Å². The molecule has 1 rings (SSSR count). The molecule has 0 spiro atoms. The fourth-order valence-electron chi connectivity index (χ4n) is 2.04. The first-order valence-electron chi connectivity index (χ1n) is 8.70. The molecule has 1 aromatic carbocycles. The number of nitrogens with zero attached hydrogens (tertiary/aromatic N) is 3. The molecule has 11 nitrogen and oxygen atoms in total. The fraction of sp³-hybridized carbons (Fsp3) is 0.444. The van der Waals surface area contributed by atoms with Crippen molar-refractivity contribution in [1.82, 2.24) is 10.3 Å². The van der Waals surface area contributed by atoms with E-state index >= 15 is 0 Å². The van der Waals surface area contributed by atoms with Gasteiger partial charge in [0.1, 0.15) is 6.04 Å². The highest BCUT2D eigenvalue weighted by Gasteiger charge is 2.24. The van der Waals surface area contributed by atoms with Crippen molar-refractivity contribution in [1.29, 1.82) is 0 Å². The van der Waals surface area contributed by atoms with Gasteiger partial charge < -0.3 is 19.5 Å². The van der Waals surface area contributed by atoms with E-state index in [1.165, 1.54) is 45.5 Å². The zero-order valence-electron chi connectivity index (χ0n) is 16.7. The molecule has 0 saturated carbocycles.